The standard InChI is InChI=1S/C14H12FN3O/c15-11-4-1-5-13-10(11)3-2-8-18(13)14(19)12-9-16-6-7-17-12/h1,4-7,9H,2-3,8H2. The third-order valence-electron chi connectivity index (χ3n) is 3.22. The molecule has 0 spiro atoms. The monoisotopic (exact) mass is 257 g/mol. The predicted octanol–water partition coefficient (Wildman–Crippen LogP) is 2.21. The van der Waals surface area contributed by atoms with Gasteiger partial charge in [0.2, 0.25) is 0 Å². The zero-order chi connectivity index (χ0) is 13.2. The number of hydrogen-bond donors (Lipinski definition) is 0. The zero-order valence-electron chi connectivity index (χ0n) is 10.2. The number of carbonyl (C=O) groups is 1. The molecule has 1 aromatic carbocycles. The number of benzene rings is 1. The van der Waals surface area contributed by atoms with Crippen molar-refractivity contribution in [2.75, 3.05) is 11.4 Å². The van der Waals surface area contributed by atoms with Crippen molar-refractivity contribution in [3.63, 3.8) is 0 Å². The van der Waals surface area contributed by atoms with Gasteiger partial charge in [-0.1, -0.05) is 6.07 Å². The fraction of sp³-hybridized carbons (Fsp3) is 0.214. The van der Waals surface area contributed by atoms with Crippen LogP contribution in [0.3, 0.4) is 0 Å². The lowest BCUT2D eigenvalue weighted by Crippen LogP contribution is -2.36. The van der Waals surface area contributed by atoms with E-state index in [9.17, 15) is 9.18 Å². The SMILES string of the molecule is O=C(c1cnccn1)N1CCCc2c(F)cccc21. The summed E-state index contributed by atoms with van der Waals surface area (Å²) >= 11 is 0. The van der Waals surface area contributed by atoms with Gasteiger partial charge in [0.05, 0.1) is 11.9 Å². The van der Waals surface area contributed by atoms with Gasteiger partial charge in [-0.3, -0.25) is 9.78 Å². The first-order valence-corrected chi connectivity index (χ1v) is 6.12. The molecule has 0 saturated carbocycles. The Bertz CT molecular complexity index is 615. The van der Waals surface area contributed by atoms with Gasteiger partial charge in [0.15, 0.2) is 0 Å². The summed E-state index contributed by atoms with van der Waals surface area (Å²) in [6, 6.07) is 4.82. The Hall–Kier alpha value is -2.30. The second kappa shape index (κ2) is 4.76. The molecule has 2 aromatic rings. The molecule has 0 atom stereocenters. The summed E-state index contributed by atoms with van der Waals surface area (Å²) in [4.78, 5) is 21.8. The highest BCUT2D eigenvalue weighted by Crippen LogP contribution is 2.29. The van der Waals surface area contributed by atoms with Gasteiger partial charge in [-0.15, -0.1) is 0 Å². The molecule has 4 nitrogen and oxygen atoms in total. The lowest BCUT2D eigenvalue weighted by Gasteiger charge is -2.29. The molecule has 1 amide bonds. The van der Waals surface area contributed by atoms with E-state index < -0.39 is 0 Å². The molecule has 0 bridgehead atoms. The minimum atomic E-state index is -0.255. The van der Waals surface area contributed by atoms with Crippen molar-refractivity contribution in [3.05, 3.63) is 53.9 Å². The Morgan fingerprint density at radius 2 is 2.21 bits per heavy atom. The number of amides is 1. The van der Waals surface area contributed by atoms with E-state index in [4.69, 9.17) is 0 Å². The first-order chi connectivity index (χ1) is 9.27. The average Bonchev–Trinajstić information content (AvgIpc) is 2.47. The number of carbonyl (C=O) groups excluding carboxylic acids is 1. The Kier molecular flexibility index (Phi) is 2.95. The molecule has 0 fully saturated rings. The molecule has 0 aliphatic carbocycles. The van der Waals surface area contributed by atoms with Crippen molar-refractivity contribution in [1.82, 2.24) is 9.97 Å². The summed E-state index contributed by atoms with van der Waals surface area (Å²) in [5, 5.41) is 0. The van der Waals surface area contributed by atoms with Crippen molar-refractivity contribution in [2.45, 2.75) is 12.8 Å². The summed E-state index contributed by atoms with van der Waals surface area (Å²) in [5.74, 6) is -0.492. The van der Waals surface area contributed by atoms with E-state index in [1.165, 1.54) is 24.7 Å². The lowest BCUT2D eigenvalue weighted by molar-refractivity contribution is 0.0980. The number of hydrogen-bond acceptors (Lipinski definition) is 3. The summed E-state index contributed by atoms with van der Waals surface area (Å²) in [5.41, 5.74) is 1.52. The Morgan fingerprint density at radius 1 is 1.32 bits per heavy atom. The van der Waals surface area contributed by atoms with Crippen LogP contribution in [0.5, 0.6) is 0 Å². The zero-order valence-corrected chi connectivity index (χ0v) is 10.2. The normalized spacial score (nSPS) is 14.1. The second-order valence-electron chi connectivity index (χ2n) is 4.39. The van der Waals surface area contributed by atoms with Gasteiger partial charge in [0, 0.05) is 24.5 Å². The number of nitrogens with zero attached hydrogens (tertiary/aromatic N) is 3. The van der Waals surface area contributed by atoms with Crippen molar-refractivity contribution in [3.8, 4) is 0 Å². The molecule has 1 aromatic heterocycles. The van der Waals surface area contributed by atoms with Crippen LogP contribution >= 0.6 is 0 Å². The molecule has 2 heterocycles. The second-order valence-corrected chi connectivity index (χ2v) is 4.39. The topological polar surface area (TPSA) is 46.1 Å². The molecule has 3 rings (SSSR count). The van der Waals surface area contributed by atoms with Gasteiger partial charge in [-0.2, -0.15) is 0 Å². The maximum absolute atomic E-state index is 13.7. The highest BCUT2D eigenvalue weighted by atomic mass is 19.1. The van der Waals surface area contributed by atoms with Gasteiger partial charge < -0.3 is 4.90 Å². The van der Waals surface area contributed by atoms with Crippen LogP contribution in [0.2, 0.25) is 0 Å². The molecule has 5 heteroatoms. The fourth-order valence-electron chi connectivity index (χ4n) is 2.34. The highest BCUT2D eigenvalue weighted by molar-refractivity contribution is 6.05. The molecular formula is C14H12FN3O. The molecule has 0 saturated heterocycles. The largest absolute Gasteiger partial charge is 0.307 e. The van der Waals surface area contributed by atoms with Crippen LogP contribution < -0.4 is 4.90 Å². The van der Waals surface area contributed by atoms with Crippen LogP contribution in [-0.2, 0) is 6.42 Å². The van der Waals surface area contributed by atoms with Crippen LogP contribution in [0.1, 0.15) is 22.5 Å². The van der Waals surface area contributed by atoms with Crippen LogP contribution in [0.15, 0.2) is 36.8 Å². The van der Waals surface area contributed by atoms with Gasteiger partial charge in [0.25, 0.3) is 5.91 Å². The first-order valence-electron chi connectivity index (χ1n) is 6.12. The van der Waals surface area contributed by atoms with Crippen LogP contribution in [0.25, 0.3) is 0 Å². The van der Waals surface area contributed by atoms with E-state index >= 15 is 0 Å². The summed E-state index contributed by atoms with van der Waals surface area (Å²) < 4.78 is 13.7. The summed E-state index contributed by atoms with van der Waals surface area (Å²) in [7, 11) is 0. The van der Waals surface area contributed by atoms with Gasteiger partial charge in [-0.05, 0) is 25.0 Å². The summed E-state index contributed by atoms with van der Waals surface area (Å²) in [6.07, 6.45) is 5.83. The molecule has 19 heavy (non-hydrogen) atoms. The maximum atomic E-state index is 13.7. The van der Waals surface area contributed by atoms with E-state index in [-0.39, 0.29) is 17.4 Å². The quantitative estimate of drug-likeness (QED) is 0.786. The van der Waals surface area contributed by atoms with E-state index in [1.807, 2.05) is 0 Å². The van der Waals surface area contributed by atoms with E-state index in [1.54, 1.807) is 17.0 Å². The van der Waals surface area contributed by atoms with Crippen LogP contribution in [0.4, 0.5) is 10.1 Å². The van der Waals surface area contributed by atoms with Gasteiger partial charge >= 0.3 is 0 Å². The molecule has 1 aliphatic heterocycles. The van der Waals surface area contributed by atoms with Gasteiger partial charge in [0.1, 0.15) is 11.5 Å². The minimum absolute atomic E-state index is 0.236. The minimum Gasteiger partial charge on any atom is -0.307 e. The van der Waals surface area contributed by atoms with Crippen molar-refractivity contribution in [2.24, 2.45) is 0 Å². The first kappa shape index (κ1) is 11.8. The smallest absolute Gasteiger partial charge is 0.278 e. The third-order valence-corrected chi connectivity index (χ3v) is 3.22. The van der Waals surface area contributed by atoms with Crippen molar-refractivity contribution in [1.29, 1.82) is 0 Å². The van der Waals surface area contributed by atoms with Crippen LogP contribution in [-0.4, -0.2) is 22.4 Å². The lowest BCUT2D eigenvalue weighted by atomic mass is 10.0. The third kappa shape index (κ3) is 2.07. The maximum Gasteiger partial charge on any atom is 0.278 e. The molecule has 0 radical (unpaired) electrons. The Labute approximate surface area is 109 Å². The summed E-state index contributed by atoms with van der Waals surface area (Å²) in [6.45, 7) is 0.575. The Morgan fingerprint density at radius 3 is 3.00 bits per heavy atom. The van der Waals surface area contributed by atoms with Crippen molar-refractivity contribution < 1.29 is 9.18 Å². The molecule has 1 aliphatic rings. The molecular weight excluding hydrogens is 245 g/mol. The van der Waals surface area contributed by atoms with Crippen LogP contribution in [0, 0.1) is 5.82 Å². The number of fused-ring (bicyclic) bond motifs is 1. The van der Waals surface area contributed by atoms with E-state index in [0.717, 1.165) is 6.42 Å². The number of anilines is 1. The van der Waals surface area contributed by atoms with E-state index in [2.05, 4.69) is 9.97 Å². The van der Waals surface area contributed by atoms with E-state index in [0.29, 0.717) is 24.2 Å². The molecule has 0 unspecified atom stereocenters. The fourth-order valence-corrected chi connectivity index (χ4v) is 2.34. The number of halogens is 1. The molecule has 0 N–H and O–H groups in total. The number of aromatic nitrogens is 2. The predicted molar refractivity (Wildman–Crippen MR) is 68.4 cm³/mol. The number of rotatable bonds is 1. The average molecular weight is 257 g/mol. The van der Waals surface area contributed by atoms with Crippen molar-refractivity contribution >= 4 is 11.6 Å². The van der Waals surface area contributed by atoms with Gasteiger partial charge in [-0.25, -0.2) is 9.37 Å². The Balaban J connectivity index is 2.01. The highest BCUT2D eigenvalue weighted by Gasteiger charge is 2.25. The molecule has 96 valence electrons.